The van der Waals surface area contributed by atoms with Gasteiger partial charge in [0.25, 0.3) is 0 Å². The van der Waals surface area contributed by atoms with Crippen LogP contribution >= 0.6 is 11.9 Å². The maximum Gasteiger partial charge on any atom is 0.239 e. The Bertz CT molecular complexity index is 1230. The summed E-state index contributed by atoms with van der Waals surface area (Å²) in [5, 5.41) is 19.2. The Kier molecular flexibility index (Phi) is 7.03. The highest BCUT2D eigenvalue weighted by molar-refractivity contribution is 8.01. The molecule has 2 N–H and O–H groups in total. The van der Waals surface area contributed by atoms with Crippen molar-refractivity contribution in [1.82, 2.24) is 24.7 Å². The zero-order valence-corrected chi connectivity index (χ0v) is 20.3. The van der Waals surface area contributed by atoms with Crippen molar-refractivity contribution in [3.8, 4) is 28.8 Å². The summed E-state index contributed by atoms with van der Waals surface area (Å²) in [6.07, 6.45) is 2.37. The first-order valence-electron chi connectivity index (χ1n) is 10.5. The summed E-state index contributed by atoms with van der Waals surface area (Å²) in [7, 11) is 3.17. The van der Waals surface area contributed by atoms with Crippen LogP contribution in [-0.2, 0) is 0 Å². The summed E-state index contributed by atoms with van der Waals surface area (Å²) in [5.41, 5.74) is 1.89. The number of hydrogen-bond acceptors (Lipinski definition) is 10. The first kappa shape index (κ1) is 23.6. The van der Waals surface area contributed by atoms with Crippen LogP contribution in [0, 0.1) is 13.8 Å². The van der Waals surface area contributed by atoms with E-state index in [1.54, 1.807) is 31.2 Å². The van der Waals surface area contributed by atoms with Crippen molar-refractivity contribution in [2.24, 2.45) is 0 Å². The van der Waals surface area contributed by atoms with E-state index in [-0.39, 0.29) is 5.25 Å². The number of ether oxygens (including phenoxy) is 2. The quantitative estimate of drug-likeness (QED) is 0.337. The zero-order valence-electron chi connectivity index (χ0n) is 19.5. The molecule has 2 atom stereocenters. The lowest BCUT2D eigenvalue weighted by Crippen LogP contribution is -2.16. The van der Waals surface area contributed by atoms with E-state index in [0.717, 1.165) is 11.5 Å². The van der Waals surface area contributed by atoms with Crippen molar-refractivity contribution in [3.63, 3.8) is 0 Å². The second-order valence-corrected chi connectivity index (χ2v) is 8.74. The Balaban J connectivity index is 1.70. The average molecular weight is 483 g/mol. The Morgan fingerprint density at radius 1 is 1.03 bits per heavy atom. The van der Waals surface area contributed by atoms with E-state index in [1.807, 2.05) is 51.1 Å². The molecule has 0 aliphatic carbocycles. The Labute approximate surface area is 201 Å². The summed E-state index contributed by atoms with van der Waals surface area (Å²) < 4.78 is 22.1. The van der Waals surface area contributed by atoms with Gasteiger partial charge >= 0.3 is 0 Å². The van der Waals surface area contributed by atoms with Crippen molar-refractivity contribution in [2.45, 2.75) is 32.1 Å². The van der Waals surface area contributed by atoms with E-state index in [2.05, 4.69) is 24.9 Å². The van der Waals surface area contributed by atoms with Crippen LogP contribution in [0.1, 0.15) is 30.2 Å². The Morgan fingerprint density at radius 2 is 1.76 bits per heavy atom. The van der Waals surface area contributed by atoms with Crippen molar-refractivity contribution in [2.75, 3.05) is 18.9 Å². The van der Waals surface area contributed by atoms with E-state index < -0.39 is 6.10 Å². The second-order valence-electron chi connectivity index (χ2n) is 7.56. The van der Waals surface area contributed by atoms with Gasteiger partial charge in [0.05, 0.1) is 37.1 Å². The van der Waals surface area contributed by atoms with Gasteiger partial charge in [-0.1, -0.05) is 6.07 Å². The van der Waals surface area contributed by atoms with Gasteiger partial charge in [0.15, 0.2) is 5.76 Å². The molecule has 10 nitrogen and oxygen atoms in total. The molecule has 2 unspecified atom stereocenters. The summed E-state index contributed by atoms with van der Waals surface area (Å²) in [6, 6.07) is 9.18. The second kappa shape index (κ2) is 10.1. The molecule has 0 fully saturated rings. The van der Waals surface area contributed by atoms with E-state index in [1.165, 1.54) is 11.9 Å². The fraction of sp³-hybridized carbons (Fsp3) is 0.304. The van der Waals surface area contributed by atoms with Crippen LogP contribution in [0.3, 0.4) is 0 Å². The van der Waals surface area contributed by atoms with Crippen LogP contribution in [-0.4, -0.2) is 49.3 Å². The molecule has 1 aromatic carbocycles. The molecule has 4 rings (SSSR count). The molecule has 34 heavy (non-hydrogen) atoms. The Morgan fingerprint density at radius 3 is 2.35 bits per heavy atom. The van der Waals surface area contributed by atoms with E-state index in [0.29, 0.717) is 40.4 Å². The van der Waals surface area contributed by atoms with Crippen LogP contribution < -0.4 is 14.2 Å². The predicted molar refractivity (Wildman–Crippen MR) is 129 cm³/mol. The van der Waals surface area contributed by atoms with E-state index in [4.69, 9.17) is 13.9 Å². The van der Waals surface area contributed by atoms with Crippen molar-refractivity contribution in [1.29, 1.82) is 0 Å². The molecule has 4 aromatic rings. The molecule has 0 amide bonds. The monoisotopic (exact) mass is 482 g/mol. The number of para-hydroxylation sites is 1. The van der Waals surface area contributed by atoms with Gasteiger partial charge in [-0.25, -0.2) is 0 Å². The third-order valence-electron chi connectivity index (χ3n) is 5.13. The molecular weight excluding hydrogens is 456 g/mol. The maximum absolute atomic E-state index is 10.7. The minimum absolute atomic E-state index is 0.281. The predicted octanol–water partition coefficient (Wildman–Crippen LogP) is 4.13. The van der Waals surface area contributed by atoms with Gasteiger partial charge in [-0.2, -0.15) is 0 Å². The number of aliphatic hydroxyl groups is 1. The highest BCUT2D eigenvalue weighted by atomic mass is 32.2. The number of aliphatic hydroxyl groups excluding tert-OH is 1. The molecule has 0 aliphatic heterocycles. The summed E-state index contributed by atoms with van der Waals surface area (Å²) in [6.45, 7) is 5.59. The summed E-state index contributed by atoms with van der Waals surface area (Å²) in [4.78, 5) is 8.49. The summed E-state index contributed by atoms with van der Waals surface area (Å²) >= 11 is 1.28. The maximum atomic E-state index is 10.7. The SMILES string of the molecule is COc1cccc(OC)c1-n1c(NSC(C)C(O)c2cnc(C)cn2)nnc1-c1ccc(C)o1. The molecule has 0 saturated carbocycles. The normalized spacial score (nSPS) is 12.9. The number of nitrogens with one attached hydrogen (secondary N) is 1. The number of methoxy groups -OCH3 is 2. The third kappa shape index (κ3) is 4.70. The van der Waals surface area contributed by atoms with Gasteiger partial charge in [0, 0.05) is 6.20 Å². The number of benzene rings is 1. The van der Waals surface area contributed by atoms with Crippen LogP contribution in [0.15, 0.2) is 47.1 Å². The van der Waals surface area contributed by atoms with Gasteiger partial charge in [0.2, 0.25) is 11.8 Å². The molecule has 0 aliphatic rings. The Hall–Kier alpha value is -3.57. The van der Waals surface area contributed by atoms with Crippen LogP contribution in [0.25, 0.3) is 17.3 Å². The van der Waals surface area contributed by atoms with Gasteiger partial charge < -0.3 is 19.0 Å². The zero-order chi connectivity index (χ0) is 24.2. The number of rotatable bonds is 9. The molecule has 178 valence electrons. The van der Waals surface area contributed by atoms with Gasteiger partial charge in [-0.05, 0) is 57.0 Å². The molecule has 0 saturated heterocycles. The van der Waals surface area contributed by atoms with Crippen LogP contribution in [0.5, 0.6) is 11.5 Å². The highest BCUT2D eigenvalue weighted by Gasteiger charge is 2.25. The fourth-order valence-corrected chi connectivity index (χ4v) is 4.03. The lowest BCUT2D eigenvalue weighted by atomic mass is 10.2. The molecule has 3 heterocycles. The lowest BCUT2D eigenvalue weighted by Gasteiger charge is -2.20. The average Bonchev–Trinajstić information content (AvgIpc) is 3.47. The van der Waals surface area contributed by atoms with Crippen LogP contribution in [0.4, 0.5) is 5.95 Å². The molecule has 0 radical (unpaired) electrons. The van der Waals surface area contributed by atoms with Crippen molar-refractivity contribution < 1.29 is 19.0 Å². The molecular formula is C23H26N6O4S. The van der Waals surface area contributed by atoms with E-state index >= 15 is 0 Å². The largest absolute Gasteiger partial charge is 0.494 e. The van der Waals surface area contributed by atoms with Gasteiger partial charge in [-0.3, -0.25) is 19.3 Å². The minimum atomic E-state index is -0.838. The smallest absolute Gasteiger partial charge is 0.239 e. The van der Waals surface area contributed by atoms with Crippen molar-refractivity contribution in [3.05, 3.63) is 59.9 Å². The molecule has 0 bridgehead atoms. The number of anilines is 1. The lowest BCUT2D eigenvalue weighted by molar-refractivity contribution is 0.174. The molecule has 11 heteroatoms. The number of aromatic nitrogens is 5. The first-order chi connectivity index (χ1) is 16.4. The third-order valence-corrected chi connectivity index (χ3v) is 6.06. The summed E-state index contributed by atoms with van der Waals surface area (Å²) in [5.74, 6) is 3.30. The fourth-order valence-electron chi connectivity index (χ4n) is 3.33. The molecule has 0 spiro atoms. The van der Waals surface area contributed by atoms with E-state index in [9.17, 15) is 5.11 Å². The minimum Gasteiger partial charge on any atom is -0.494 e. The van der Waals surface area contributed by atoms with Crippen molar-refractivity contribution >= 4 is 17.9 Å². The topological polar surface area (TPSA) is 120 Å². The van der Waals surface area contributed by atoms with Gasteiger partial charge in [-0.15, -0.1) is 10.2 Å². The number of hydrogen-bond donors (Lipinski definition) is 2. The van der Waals surface area contributed by atoms with Gasteiger partial charge in [0.1, 0.15) is 29.1 Å². The number of nitrogens with zero attached hydrogens (tertiary/aromatic N) is 5. The van der Waals surface area contributed by atoms with Crippen LogP contribution in [0.2, 0.25) is 0 Å². The number of aryl methyl sites for hydroxylation is 2. The molecule has 3 aromatic heterocycles. The first-order valence-corrected chi connectivity index (χ1v) is 11.4. The highest BCUT2D eigenvalue weighted by Crippen LogP contribution is 2.38. The number of furan rings is 1. The standard InChI is InChI=1S/C23H26N6O4S/c1-13-11-25-16(12-24-13)21(30)15(3)34-28-23-27-26-22(19-10-9-14(2)33-19)29(23)20-17(31-4)7-6-8-18(20)32-5/h6-12,15,21,30H,1-5H3,(H,27,28).